The number of rotatable bonds is 4. The molecule has 3 rings (SSSR count). The molecule has 0 unspecified atom stereocenters. The second kappa shape index (κ2) is 6.63. The van der Waals surface area contributed by atoms with Crippen LogP contribution in [0.1, 0.15) is 42.1 Å². The molecular formula is C18H23N3O3. The second-order valence-corrected chi connectivity index (χ2v) is 6.63. The molecule has 24 heavy (non-hydrogen) atoms. The molecule has 0 aromatic heterocycles. The highest BCUT2D eigenvalue weighted by Crippen LogP contribution is 2.24. The van der Waals surface area contributed by atoms with Crippen molar-refractivity contribution in [2.45, 2.75) is 51.2 Å². The topological polar surface area (TPSA) is 78.5 Å². The summed E-state index contributed by atoms with van der Waals surface area (Å²) in [6, 6.07) is 6.25. The predicted molar refractivity (Wildman–Crippen MR) is 89.4 cm³/mol. The SMILES string of the molecule is CCC[C@@H]1NC(=O)[C@@H]2C[C@H](NC(=O)c3ccc(C)cc3)CN2C1=O. The van der Waals surface area contributed by atoms with Crippen molar-refractivity contribution in [3.05, 3.63) is 35.4 Å². The van der Waals surface area contributed by atoms with Gasteiger partial charge in [0.05, 0.1) is 0 Å². The zero-order chi connectivity index (χ0) is 17.3. The molecule has 0 aliphatic carbocycles. The van der Waals surface area contributed by atoms with Gasteiger partial charge in [0.2, 0.25) is 11.8 Å². The molecule has 2 N–H and O–H groups in total. The van der Waals surface area contributed by atoms with Gasteiger partial charge in [-0.2, -0.15) is 0 Å². The molecule has 6 nitrogen and oxygen atoms in total. The molecule has 2 aliphatic heterocycles. The number of nitrogens with zero attached hydrogens (tertiary/aromatic N) is 1. The van der Waals surface area contributed by atoms with E-state index in [0.717, 1.165) is 12.0 Å². The molecule has 6 heteroatoms. The molecule has 128 valence electrons. The minimum atomic E-state index is -0.464. The molecule has 2 saturated heterocycles. The Labute approximate surface area is 141 Å². The summed E-state index contributed by atoms with van der Waals surface area (Å²) >= 11 is 0. The van der Waals surface area contributed by atoms with E-state index in [-0.39, 0.29) is 23.8 Å². The third-order valence-electron chi connectivity index (χ3n) is 4.73. The second-order valence-electron chi connectivity index (χ2n) is 6.63. The third kappa shape index (κ3) is 3.13. The summed E-state index contributed by atoms with van der Waals surface area (Å²) in [7, 11) is 0. The van der Waals surface area contributed by atoms with Crippen molar-refractivity contribution >= 4 is 17.7 Å². The van der Waals surface area contributed by atoms with Crippen LogP contribution in [0.25, 0.3) is 0 Å². The number of carbonyl (C=O) groups is 3. The summed E-state index contributed by atoms with van der Waals surface area (Å²) in [6.45, 7) is 4.35. The van der Waals surface area contributed by atoms with E-state index in [1.165, 1.54) is 0 Å². The van der Waals surface area contributed by atoms with E-state index in [2.05, 4.69) is 10.6 Å². The molecule has 2 heterocycles. The van der Waals surface area contributed by atoms with Crippen LogP contribution in [0.4, 0.5) is 0 Å². The van der Waals surface area contributed by atoms with E-state index in [9.17, 15) is 14.4 Å². The van der Waals surface area contributed by atoms with E-state index in [1.807, 2.05) is 26.0 Å². The molecule has 0 radical (unpaired) electrons. The Bertz CT molecular complexity index is 656. The minimum absolute atomic E-state index is 0.0338. The highest BCUT2D eigenvalue weighted by molar-refractivity contribution is 5.98. The smallest absolute Gasteiger partial charge is 0.251 e. The Hall–Kier alpha value is -2.37. The van der Waals surface area contributed by atoms with Crippen LogP contribution in [0.2, 0.25) is 0 Å². The monoisotopic (exact) mass is 329 g/mol. The molecule has 0 spiro atoms. The molecule has 0 saturated carbocycles. The largest absolute Gasteiger partial charge is 0.347 e. The van der Waals surface area contributed by atoms with E-state index in [0.29, 0.717) is 24.9 Å². The van der Waals surface area contributed by atoms with Gasteiger partial charge in [-0.05, 0) is 31.9 Å². The van der Waals surface area contributed by atoms with Crippen molar-refractivity contribution in [3.63, 3.8) is 0 Å². The molecule has 3 amide bonds. The Balaban J connectivity index is 1.66. The number of carbonyl (C=O) groups excluding carboxylic acids is 3. The van der Waals surface area contributed by atoms with Gasteiger partial charge in [-0.25, -0.2) is 0 Å². The quantitative estimate of drug-likeness (QED) is 0.865. The number of fused-ring (bicyclic) bond motifs is 1. The van der Waals surface area contributed by atoms with Gasteiger partial charge in [0, 0.05) is 18.2 Å². The fraction of sp³-hybridized carbons (Fsp3) is 0.500. The summed E-state index contributed by atoms with van der Waals surface area (Å²) in [6.07, 6.45) is 1.95. The highest BCUT2D eigenvalue weighted by Gasteiger charge is 2.46. The molecule has 1 aromatic rings. The Morgan fingerprint density at radius 3 is 2.67 bits per heavy atom. The van der Waals surface area contributed by atoms with E-state index >= 15 is 0 Å². The maximum Gasteiger partial charge on any atom is 0.251 e. The van der Waals surface area contributed by atoms with Gasteiger partial charge in [-0.1, -0.05) is 31.0 Å². The van der Waals surface area contributed by atoms with Crippen molar-refractivity contribution in [1.29, 1.82) is 0 Å². The lowest BCUT2D eigenvalue weighted by atomic mass is 10.0. The fourth-order valence-electron chi connectivity index (χ4n) is 3.42. The fourth-order valence-corrected chi connectivity index (χ4v) is 3.42. The Morgan fingerprint density at radius 1 is 1.29 bits per heavy atom. The van der Waals surface area contributed by atoms with Crippen molar-refractivity contribution in [3.8, 4) is 0 Å². The van der Waals surface area contributed by atoms with Gasteiger partial charge in [-0.3, -0.25) is 14.4 Å². The summed E-state index contributed by atoms with van der Waals surface area (Å²) < 4.78 is 0. The summed E-state index contributed by atoms with van der Waals surface area (Å²) in [5, 5.41) is 5.75. The van der Waals surface area contributed by atoms with E-state index < -0.39 is 12.1 Å². The molecular weight excluding hydrogens is 306 g/mol. The van der Waals surface area contributed by atoms with Crippen molar-refractivity contribution < 1.29 is 14.4 Å². The van der Waals surface area contributed by atoms with Gasteiger partial charge in [0.1, 0.15) is 12.1 Å². The Kier molecular flexibility index (Phi) is 4.55. The first kappa shape index (κ1) is 16.5. The van der Waals surface area contributed by atoms with Gasteiger partial charge in [0.15, 0.2) is 0 Å². The molecule has 1 aromatic carbocycles. The third-order valence-corrected chi connectivity index (χ3v) is 4.73. The van der Waals surface area contributed by atoms with Crippen molar-refractivity contribution in [1.82, 2.24) is 15.5 Å². The number of hydrogen-bond donors (Lipinski definition) is 2. The van der Waals surface area contributed by atoms with Crippen LogP contribution < -0.4 is 10.6 Å². The number of piperazine rings is 1. The number of aryl methyl sites for hydroxylation is 1. The number of hydrogen-bond acceptors (Lipinski definition) is 3. The van der Waals surface area contributed by atoms with Gasteiger partial charge < -0.3 is 15.5 Å². The molecule has 2 aliphatic rings. The lowest BCUT2D eigenvalue weighted by Crippen LogP contribution is -2.61. The van der Waals surface area contributed by atoms with Crippen LogP contribution in [0.3, 0.4) is 0 Å². The van der Waals surface area contributed by atoms with E-state index in [1.54, 1.807) is 17.0 Å². The van der Waals surface area contributed by atoms with Crippen LogP contribution >= 0.6 is 0 Å². The number of amides is 3. The maximum atomic E-state index is 12.5. The van der Waals surface area contributed by atoms with Crippen LogP contribution in [0, 0.1) is 6.92 Å². The van der Waals surface area contributed by atoms with Crippen LogP contribution in [0.15, 0.2) is 24.3 Å². The highest BCUT2D eigenvalue weighted by atomic mass is 16.2. The van der Waals surface area contributed by atoms with Gasteiger partial charge in [-0.15, -0.1) is 0 Å². The number of benzene rings is 1. The zero-order valence-corrected chi connectivity index (χ0v) is 14.0. The average molecular weight is 329 g/mol. The predicted octanol–water partition coefficient (Wildman–Crippen LogP) is 0.993. The van der Waals surface area contributed by atoms with Crippen molar-refractivity contribution in [2.75, 3.05) is 6.54 Å². The molecule has 0 bridgehead atoms. The van der Waals surface area contributed by atoms with Crippen LogP contribution in [-0.4, -0.2) is 47.3 Å². The van der Waals surface area contributed by atoms with Crippen LogP contribution in [-0.2, 0) is 9.59 Å². The van der Waals surface area contributed by atoms with E-state index in [4.69, 9.17) is 0 Å². The lowest BCUT2D eigenvalue weighted by molar-refractivity contribution is -0.147. The van der Waals surface area contributed by atoms with Gasteiger partial charge >= 0.3 is 0 Å². The standard InChI is InChI=1S/C18H23N3O3/c1-3-4-14-18(24)21-10-13(9-15(21)17(23)20-14)19-16(22)12-7-5-11(2)6-8-12/h5-8,13-15H,3-4,9-10H2,1-2H3,(H,19,22)(H,20,23)/t13-,14-,15-/m0/s1. The normalized spacial score (nSPS) is 26.1. The average Bonchev–Trinajstić information content (AvgIpc) is 2.98. The molecule has 2 fully saturated rings. The summed E-state index contributed by atoms with van der Waals surface area (Å²) in [5.41, 5.74) is 1.68. The van der Waals surface area contributed by atoms with Gasteiger partial charge in [0.25, 0.3) is 5.91 Å². The zero-order valence-electron chi connectivity index (χ0n) is 14.0. The lowest BCUT2D eigenvalue weighted by Gasteiger charge is -2.34. The summed E-state index contributed by atoms with van der Waals surface area (Å²) in [4.78, 5) is 38.7. The van der Waals surface area contributed by atoms with Crippen molar-refractivity contribution in [2.24, 2.45) is 0 Å². The Morgan fingerprint density at radius 2 is 2.00 bits per heavy atom. The summed E-state index contributed by atoms with van der Waals surface area (Å²) in [5.74, 6) is -0.313. The first-order chi connectivity index (χ1) is 11.5. The van der Waals surface area contributed by atoms with Crippen LogP contribution in [0.5, 0.6) is 0 Å². The molecule has 3 atom stereocenters. The first-order valence-corrected chi connectivity index (χ1v) is 8.48. The first-order valence-electron chi connectivity index (χ1n) is 8.48. The maximum absolute atomic E-state index is 12.5. The minimum Gasteiger partial charge on any atom is -0.347 e. The number of nitrogens with one attached hydrogen (secondary N) is 2.